The summed E-state index contributed by atoms with van der Waals surface area (Å²) in [5, 5.41) is 0.560. The smallest absolute Gasteiger partial charge is 0.222 e. The van der Waals surface area contributed by atoms with E-state index < -0.39 is 30.9 Å². The Morgan fingerprint density at radius 2 is 1.56 bits per heavy atom. The Balaban J connectivity index is 1.92. The molecule has 0 saturated carbocycles. The highest BCUT2D eigenvalue weighted by Crippen LogP contribution is 2.31. The average Bonchev–Trinajstić information content (AvgIpc) is 3.18. The third kappa shape index (κ3) is 4.44. The van der Waals surface area contributed by atoms with Crippen LogP contribution in [0.2, 0.25) is 0 Å². The van der Waals surface area contributed by atoms with E-state index in [-0.39, 0.29) is 15.6 Å². The predicted molar refractivity (Wildman–Crippen MR) is 102 cm³/mol. The van der Waals surface area contributed by atoms with Gasteiger partial charge in [-0.1, -0.05) is 36.4 Å². The first-order valence-corrected chi connectivity index (χ1v) is 11.8. The summed E-state index contributed by atoms with van der Waals surface area (Å²) in [6, 6.07) is 15.9. The van der Waals surface area contributed by atoms with Crippen molar-refractivity contribution in [3.63, 3.8) is 0 Å². The van der Waals surface area contributed by atoms with Crippen LogP contribution in [0.15, 0.2) is 81.2 Å². The summed E-state index contributed by atoms with van der Waals surface area (Å²) >= 11 is 1.08. The highest BCUT2D eigenvalue weighted by molar-refractivity contribution is 7.93. The second-order valence-electron chi connectivity index (χ2n) is 5.68. The molecule has 142 valence electrons. The van der Waals surface area contributed by atoms with Crippen LogP contribution in [0, 0.1) is 5.82 Å². The number of nitrogens with one attached hydrogen (secondary N) is 1. The first-order valence-electron chi connectivity index (χ1n) is 7.88. The number of sulfonamides is 1. The van der Waals surface area contributed by atoms with E-state index >= 15 is 0 Å². The van der Waals surface area contributed by atoms with Crippen LogP contribution in [0.3, 0.4) is 0 Å². The van der Waals surface area contributed by atoms with Crippen LogP contribution >= 0.6 is 11.3 Å². The molecule has 5 nitrogen and oxygen atoms in total. The van der Waals surface area contributed by atoms with Gasteiger partial charge in [-0.05, 0) is 41.3 Å². The largest absolute Gasteiger partial charge is 0.240 e. The topological polar surface area (TPSA) is 80.3 Å². The molecule has 0 saturated heterocycles. The van der Waals surface area contributed by atoms with Crippen molar-refractivity contribution < 1.29 is 21.2 Å². The van der Waals surface area contributed by atoms with Gasteiger partial charge in [0.1, 0.15) is 15.3 Å². The third-order valence-corrected chi connectivity index (χ3v) is 8.88. The summed E-state index contributed by atoms with van der Waals surface area (Å²) in [6.07, 6.45) is 0. The molecule has 0 bridgehead atoms. The van der Waals surface area contributed by atoms with E-state index in [0.717, 1.165) is 35.6 Å². The Hall–Kier alpha value is -2.07. The standard InChI is InChI=1S/C18H16FNO4S3/c19-15-8-10-16(11-9-15)27(23,24)20-13-17(14-5-2-1-3-6-14)26(21,22)18-7-4-12-25-18/h1-12,17,20H,13H2/t17-/m1/s1. The molecule has 0 radical (unpaired) electrons. The minimum absolute atomic E-state index is 0.135. The highest BCUT2D eigenvalue weighted by Gasteiger charge is 2.31. The fourth-order valence-electron chi connectivity index (χ4n) is 2.52. The molecule has 0 aliphatic rings. The zero-order chi connectivity index (χ0) is 19.5. The molecule has 3 rings (SSSR count). The van der Waals surface area contributed by atoms with Crippen LogP contribution in [0.25, 0.3) is 0 Å². The molecule has 27 heavy (non-hydrogen) atoms. The van der Waals surface area contributed by atoms with Crippen LogP contribution in [0.1, 0.15) is 10.8 Å². The number of halogens is 1. The second kappa shape index (κ2) is 7.89. The van der Waals surface area contributed by atoms with Gasteiger partial charge in [0.25, 0.3) is 0 Å². The van der Waals surface area contributed by atoms with Crippen molar-refractivity contribution in [1.82, 2.24) is 4.72 Å². The van der Waals surface area contributed by atoms with E-state index in [2.05, 4.69) is 4.72 Å². The van der Waals surface area contributed by atoms with E-state index in [1.165, 1.54) is 6.07 Å². The van der Waals surface area contributed by atoms with Gasteiger partial charge in [-0.3, -0.25) is 0 Å². The van der Waals surface area contributed by atoms with E-state index in [9.17, 15) is 21.2 Å². The number of benzene rings is 2. The molecule has 9 heteroatoms. The Morgan fingerprint density at radius 1 is 0.889 bits per heavy atom. The van der Waals surface area contributed by atoms with Crippen LogP contribution in [-0.4, -0.2) is 23.4 Å². The van der Waals surface area contributed by atoms with Gasteiger partial charge in [0.2, 0.25) is 10.0 Å². The van der Waals surface area contributed by atoms with Crippen LogP contribution < -0.4 is 4.72 Å². The van der Waals surface area contributed by atoms with Gasteiger partial charge in [-0.2, -0.15) is 0 Å². The lowest BCUT2D eigenvalue weighted by molar-refractivity contribution is 0.569. The monoisotopic (exact) mass is 425 g/mol. The van der Waals surface area contributed by atoms with Gasteiger partial charge in [-0.15, -0.1) is 11.3 Å². The number of hydrogen-bond donors (Lipinski definition) is 1. The molecule has 1 N–H and O–H groups in total. The average molecular weight is 426 g/mol. The highest BCUT2D eigenvalue weighted by atomic mass is 32.2. The maximum absolute atomic E-state index is 13.0. The molecule has 0 spiro atoms. The lowest BCUT2D eigenvalue weighted by Crippen LogP contribution is -2.31. The zero-order valence-electron chi connectivity index (χ0n) is 13.9. The van der Waals surface area contributed by atoms with Crippen LogP contribution in [0.5, 0.6) is 0 Å². The summed E-state index contributed by atoms with van der Waals surface area (Å²) in [7, 11) is -7.78. The normalized spacial score (nSPS) is 13.4. The minimum atomic E-state index is -3.99. The lowest BCUT2D eigenvalue weighted by atomic mass is 10.1. The molecular weight excluding hydrogens is 409 g/mol. The fourth-order valence-corrected chi connectivity index (χ4v) is 6.54. The fraction of sp³-hybridized carbons (Fsp3) is 0.111. The molecule has 0 aliphatic carbocycles. The van der Waals surface area contributed by atoms with Gasteiger partial charge in [0.05, 0.1) is 4.90 Å². The first-order chi connectivity index (χ1) is 12.8. The Morgan fingerprint density at radius 3 is 2.15 bits per heavy atom. The van der Waals surface area contributed by atoms with Gasteiger partial charge in [-0.25, -0.2) is 25.9 Å². The summed E-state index contributed by atoms with van der Waals surface area (Å²) in [6.45, 7) is -0.343. The van der Waals surface area contributed by atoms with Crippen molar-refractivity contribution in [1.29, 1.82) is 0 Å². The molecule has 0 aliphatic heterocycles. The maximum Gasteiger partial charge on any atom is 0.240 e. The molecule has 2 aromatic carbocycles. The van der Waals surface area contributed by atoms with E-state index in [1.807, 2.05) is 0 Å². The van der Waals surface area contributed by atoms with Crippen molar-refractivity contribution in [2.45, 2.75) is 14.4 Å². The summed E-state index contributed by atoms with van der Waals surface area (Å²) in [4.78, 5) is -0.135. The Kier molecular flexibility index (Phi) is 5.75. The molecule has 0 unspecified atom stereocenters. The van der Waals surface area contributed by atoms with Gasteiger partial charge in [0.15, 0.2) is 9.84 Å². The summed E-state index contributed by atoms with van der Waals surface area (Å²) in [5.74, 6) is -0.559. The Bertz CT molecular complexity index is 1100. The van der Waals surface area contributed by atoms with Crippen LogP contribution in [0.4, 0.5) is 4.39 Å². The Labute approximate surface area is 161 Å². The van der Waals surface area contributed by atoms with Gasteiger partial charge >= 0.3 is 0 Å². The van der Waals surface area contributed by atoms with Crippen molar-refractivity contribution in [2.75, 3.05) is 6.54 Å². The predicted octanol–water partition coefficient (Wildman–Crippen LogP) is 3.38. The third-order valence-electron chi connectivity index (χ3n) is 3.90. The minimum Gasteiger partial charge on any atom is -0.222 e. The summed E-state index contributed by atoms with van der Waals surface area (Å²) in [5.41, 5.74) is 0.479. The summed E-state index contributed by atoms with van der Waals surface area (Å²) < 4.78 is 66.5. The molecule has 1 aromatic heterocycles. The molecular formula is C18H16FNO4S3. The van der Waals surface area contributed by atoms with Crippen molar-refractivity contribution >= 4 is 31.2 Å². The van der Waals surface area contributed by atoms with Gasteiger partial charge < -0.3 is 0 Å². The van der Waals surface area contributed by atoms with Crippen LogP contribution in [-0.2, 0) is 19.9 Å². The maximum atomic E-state index is 13.0. The number of rotatable bonds is 7. The molecule has 1 atom stereocenters. The van der Waals surface area contributed by atoms with Gasteiger partial charge in [0, 0.05) is 6.54 Å². The van der Waals surface area contributed by atoms with E-state index in [4.69, 9.17) is 0 Å². The van der Waals surface area contributed by atoms with E-state index in [1.54, 1.807) is 41.8 Å². The SMILES string of the molecule is O=S(=O)(NC[C@H](c1ccccc1)S(=O)(=O)c1cccs1)c1ccc(F)cc1. The number of thiophene rings is 1. The molecule has 0 amide bonds. The number of sulfone groups is 1. The lowest BCUT2D eigenvalue weighted by Gasteiger charge is -2.18. The van der Waals surface area contributed by atoms with Crippen molar-refractivity contribution in [3.05, 3.63) is 83.5 Å². The van der Waals surface area contributed by atoms with E-state index in [0.29, 0.717) is 5.56 Å². The zero-order valence-corrected chi connectivity index (χ0v) is 16.4. The van der Waals surface area contributed by atoms with Crippen molar-refractivity contribution in [3.8, 4) is 0 Å². The molecule has 3 aromatic rings. The van der Waals surface area contributed by atoms with Crippen molar-refractivity contribution in [2.24, 2.45) is 0 Å². The quantitative estimate of drug-likeness (QED) is 0.629. The second-order valence-corrected chi connectivity index (χ2v) is 10.8. The molecule has 1 heterocycles. The first kappa shape index (κ1) is 19.7. The molecule has 0 fully saturated rings. The number of hydrogen-bond acceptors (Lipinski definition) is 5.